The van der Waals surface area contributed by atoms with Crippen molar-refractivity contribution in [2.45, 2.75) is 26.2 Å². The fourth-order valence-corrected chi connectivity index (χ4v) is 1.22. The molecule has 0 bridgehead atoms. The quantitative estimate of drug-likeness (QED) is 0.583. The maximum atomic E-state index is 12.6. The number of unbranched alkanes of at least 4 members (excludes halogenated alkanes) is 1. The number of carbonyl (C=O) groups excluding carboxylic acids is 2. The van der Waals surface area contributed by atoms with E-state index in [-0.39, 0.29) is 12.2 Å². The van der Waals surface area contributed by atoms with Crippen LogP contribution in [0.5, 0.6) is 0 Å². The topological polar surface area (TPSA) is 43.4 Å². The summed E-state index contributed by atoms with van der Waals surface area (Å²) in [6.45, 7) is 1.92. The number of esters is 2. The van der Waals surface area contributed by atoms with Crippen LogP contribution in [0, 0.1) is 12.2 Å². The molecule has 0 atom stereocenters. The summed E-state index contributed by atoms with van der Waals surface area (Å²) in [7, 11) is 0. The van der Waals surface area contributed by atoms with E-state index in [2.05, 4.69) is 4.74 Å². The van der Waals surface area contributed by atoms with Crippen molar-refractivity contribution in [2.75, 3.05) is 0 Å². The van der Waals surface area contributed by atoms with Gasteiger partial charge < -0.3 is 4.74 Å². The molecule has 1 radical (unpaired) electrons. The Balaban J connectivity index is 2.39. The SMILES string of the molecule is CCC[CH]C(=O)OC(=O)Cc1ccc(F)cc1. The van der Waals surface area contributed by atoms with Gasteiger partial charge in [-0.15, -0.1) is 0 Å². The number of benzene rings is 1. The molecular weight excluding hydrogens is 223 g/mol. The van der Waals surface area contributed by atoms with Crippen molar-refractivity contribution in [1.82, 2.24) is 0 Å². The summed E-state index contributed by atoms with van der Waals surface area (Å²) in [5, 5.41) is 0. The molecule has 0 aromatic heterocycles. The van der Waals surface area contributed by atoms with Crippen LogP contribution in [0.15, 0.2) is 24.3 Å². The first-order valence-electron chi connectivity index (χ1n) is 5.44. The van der Waals surface area contributed by atoms with E-state index in [1.54, 1.807) is 0 Å². The van der Waals surface area contributed by atoms with Crippen molar-refractivity contribution in [3.63, 3.8) is 0 Å². The lowest BCUT2D eigenvalue weighted by Crippen LogP contribution is -2.14. The van der Waals surface area contributed by atoms with E-state index in [4.69, 9.17) is 0 Å². The second-order valence-electron chi connectivity index (χ2n) is 3.59. The minimum Gasteiger partial charge on any atom is -0.393 e. The van der Waals surface area contributed by atoms with Gasteiger partial charge in [-0.1, -0.05) is 25.5 Å². The van der Waals surface area contributed by atoms with Gasteiger partial charge in [0.1, 0.15) is 5.82 Å². The molecule has 0 N–H and O–H groups in total. The Morgan fingerprint density at radius 2 is 1.94 bits per heavy atom. The van der Waals surface area contributed by atoms with Crippen molar-refractivity contribution in [2.24, 2.45) is 0 Å². The summed E-state index contributed by atoms with van der Waals surface area (Å²) in [6, 6.07) is 5.48. The fraction of sp³-hybridized carbons (Fsp3) is 0.308. The second kappa shape index (κ2) is 6.78. The average molecular weight is 237 g/mol. The Morgan fingerprint density at radius 3 is 2.53 bits per heavy atom. The van der Waals surface area contributed by atoms with Gasteiger partial charge in [0.15, 0.2) is 0 Å². The molecule has 3 nitrogen and oxygen atoms in total. The molecule has 0 aliphatic carbocycles. The van der Waals surface area contributed by atoms with Gasteiger partial charge in [-0.2, -0.15) is 0 Å². The zero-order chi connectivity index (χ0) is 12.7. The van der Waals surface area contributed by atoms with Crippen LogP contribution in [-0.4, -0.2) is 11.9 Å². The molecule has 0 fully saturated rings. The molecule has 17 heavy (non-hydrogen) atoms. The zero-order valence-corrected chi connectivity index (χ0v) is 9.61. The van der Waals surface area contributed by atoms with Crippen molar-refractivity contribution in [1.29, 1.82) is 0 Å². The molecule has 1 aromatic rings. The predicted molar refractivity (Wildman–Crippen MR) is 60.4 cm³/mol. The smallest absolute Gasteiger partial charge is 0.317 e. The van der Waals surface area contributed by atoms with E-state index in [0.29, 0.717) is 12.0 Å². The molecule has 1 aromatic carbocycles. The highest BCUT2D eigenvalue weighted by atomic mass is 19.1. The van der Waals surface area contributed by atoms with E-state index in [0.717, 1.165) is 6.42 Å². The van der Waals surface area contributed by atoms with Gasteiger partial charge in [0, 0.05) is 0 Å². The Kier molecular flexibility index (Phi) is 5.33. The Bertz CT molecular complexity index is 384. The molecule has 0 aliphatic rings. The van der Waals surface area contributed by atoms with Crippen molar-refractivity contribution >= 4 is 11.9 Å². The van der Waals surface area contributed by atoms with E-state index in [1.807, 2.05) is 6.92 Å². The van der Waals surface area contributed by atoms with E-state index < -0.39 is 11.9 Å². The molecule has 1 rings (SSSR count). The summed E-state index contributed by atoms with van der Waals surface area (Å²) in [6.07, 6.45) is 2.71. The minimum absolute atomic E-state index is 0.0357. The molecule has 0 unspecified atom stereocenters. The standard InChI is InChI=1S/C13H14FO3/c1-2-3-4-12(15)17-13(16)9-10-5-7-11(14)8-6-10/h4-8H,2-3,9H2,1H3. The third-order valence-electron chi connectivity index (χ3n) is 2.08. The molecule has 0 heterocycles. The first-order valence-corrected chi connectivity index (χ1v) is 5.44. The average Bonchev–Trinajstić information content (AvgIpc) is 2.29. The van der Waals surface area contributed by atoms with Gasteiger partial charge in [0.25, 0.3) is 0 Å². The Labute approximate surface area is 99.6 Å². The van der Waals surface area contributed by atoms with Gasteiger partial charge in [-0.05, 0) is 24.1 Å². The maximum absolute atomic E-state index is 12.6. The molecule has 0 amide bonds. The molecule has 4 heteroatoms. The second-order valence-corrected chi connectivity index (χ2v) is 3.59. The van der Waals surface area contributed by atoms with Gasteiger partial charge in [0.05, 0.1) is 12.8 Å². The summed E-state index contributed by atoms with van der Waals surface area (Å²) < 4.78 is 17.2. The van der Waals surface area contributed by atoms with E-state index >= 15 is 0 Å². The Hall–Kier alpha value is -1.71. The third-order valence-corrected chi connectivity index (χ3v) is 2.08. The third kappa shape index (κ3) is 5.24. The normalized spacial score (nSPS) is 10.0. The van der Waals surface area contributed by atoms with Crippen molar-refractivity contribution in [3.8, 4) is 0 Å². The maximum Gasteiger partial charge on any atom is 0.317 e. The molecule has 91 valence electrons. The van der Waals surface area contributed by atoms with Crippen molar-refractivity contribution in [3.05, 3.63) is 42.1 Å². The molecular formula is C13H14FO3. The first-order chi connectivity index (χ1) is 8.11. The highest BCUT2D eigenvalue weighted by molar-refractivity contribution is 5.90. The summed E-state index contributed by atoms with van der Waals surface area (Å²) in [4.78, 5) is 22.4. The summed E-state index contributed by atoms with van der Waals surface area (Å²) in [5.41, 5.74) is 0.611. The van der Waals surface area contributed by atoms with Gasteiger partial charge >= 0.3 is 11.9 Å². The number of rotatable bonds is 5. The highest BCUT2D eigenvalue weighted by Crippen LogP contribution is 2.05. The van der Waals surface area contributed by atoms with Crippen LogP contribution in [0.2, 0.25) is 0 Å². The first kappa shape index (κ1) is 13.4. The summed E-state index contributed by atoms with van der Waals surface area (Å²) >= 11 is 0. The number of halogens is 1. The van der Waals surface area contributed by atoms with Crippen LogP contribution in [0.4, 0.5) is 4.39 Å². The lowest BCUT2D eigenvalue weighted by atomic mass is 10.1. The largest absolute Gasteiger partial charge is 0.393 e. The van der Waals surface area contributed by atoms with E-state index in [1.165, 1.54) is 30.7 Å². The fourth-order valence-electron chi connectivity index (χ4n) is 1.22. The molecule has 0 saturated heterocycles. The predicted octanol–water partition coefficient (Wildman–Crippen LogP) is 2.44. The number of carbonyl (C=O) groups is 2. The highest BCUT2D eigenvalue weighted by Gasteiger charge is 2.10. The van der Waals surface area contributed by atoms with Crippen molar-refractivity contribution < 1.29 is 18.7 Å². The number of hydrogen-bond donors (Lipinski definition) is 0. The number of ether oxygens (including phenoxy) is 1. The monoisotopic (exact) mass is 237 g/mol. The van der Waals surface area contributed by atoms with Crippen LogP contribution in [0.3, 0.4) is 0 Å². The van der Waals surface area contributed by atoms with Crippen LogP contribution in [0.25, 0.3) is 0 Å². The minimum atomic E-state index is -0.631. The lowest BCUT2D eigenvalue weighted by Gasteiger charge is -2.02. The number of hydrogen-bond acceptors (Lipinski definition) is 3. The van der Waals surface area contributed by atoms with Crippen LogP contribution < -0.4 is 0 Å². The van der Waals surface area contributed by atoms with Gasteiger partial charge in [-0.3, -0.25) is 9.59 Å². The molecule has 0 saturated carbocycles. The Morgan fingerprint density at radius 1 is 1.29 bits per heavy atom. The van der Waals surface area contributed by atoms with E-state index in [9.17, 15) is 14.0 Å². The van der Waals surface area contributed by atoms with Crippen LogP contribution in [0.1, 0.15) is 25.3 Å². The van der Waals surface area contributed by atoms with Gasteiger partial charge in [0.2, 0.25) is 0 Å². The van der Waals surface area contributed by atoms with Crippen LogP contribution >= 0.6 is 0 Å². The van der Waals surface area contributed by atoms with Crippen LogP contribution in [-0.2, 0) is 20.7 Å². The molecule has 0 spiro atoms. The zero-order valence-electron chi connectivity index (χ0n) is 9.61. The molecule has 0 aliphatic heterocycles. The lowest BCUT2D eigenvalue weighted by molar-refractivity contribution is -0.156. The summed E-state index contributed by atoms with van der Waals surface area (Å²) in [5.74, 6) is -1.62. The van der Waals surface area contributed by atoms with Gasteiger partial charge in [-0.25, -0.2) is 4.39 Å².